The summed E-state index contributed by atoms with van der Waals surface area (Å²) in [6, 6.07) is 0. The zero-order chi connectivity index (χ0) is 27.1. The number of hydrogen-bond acceptors (Lipinski definition) is 7. The maximum absolute atomic E-state index is 12.6. The molecular formula is C27H57NO7P+. The number of nitrogens with zero attached hydrogens (tertiary/aromatic N) is 1. The average molecular weight is 539 g/mol. The van der Waals surface area contributed by atoms with Crippen LogP contribution in [0.1, 0.15) is 104 Å². The SMILES string of the molecule is CCCCCCCCCCCCCCCCOCC(COP(=O)(OC)OCC[N+](C)(C)C)OC(C)=O. The average Bonchev–Trinajstić information content (AvgIpc) is 2.81. The number of hydrogen-bond donors (Lipinski definition) is 0. The minimum absolute atomic E-state index is 0.117. The summed E-state index contributed by atoms with van der Waals surface area (Å²) in [6.07, 6.45) is 17.7. The molecule has 216 valence electrons. The largest absolute Gasteiger partial charge is 0.474 e. The van der Waals surface area contributed by atoms with Crippen molar-refractivity contribution in [2.24, 2.45) is 0 Å². The zero-order valence-corrected chi connectivity index (χ0v) is 25.2. The van der Waals surface area contributed by atoms with Gasteiger partial charge in [-0.05, 0) is 6.42 Å². The van der Waals surface area contributed by atoms with E-state index in [1.807, 2.05) is 21.1 Å². The highest BCUT2D eigenvalue weighted by Crippen LogP contribution is 2.48. The zero-order valence-electron chi connectivity index (χ0n) is 24.3. The molecule has 0 aliphatic heterocycles. The number of carbonyl (C=O) groups excluding carboxylic acids is 1. The lowest BCUT2D eigenvalue weighted by atomic mass is 10.0. The molecule has 0 rings (SSSR count). The minimum Gasteiger partial charge on any atom is -0.458 e. The van der Waals surface area contributed by atoms with E-state index in [1.54, 1.807) is 0 Å². The van der Waals surface area contributed by atoms with E-state index >= 15 is 0 Å². The lowest BCUT2D eigenvalue weighted by Crippen LogP contribution is -2.37. The quantitative estimate of drug-likeness (QED) is 0.0512. The van der Waals surface area contributed by atoms with Crippen LogP contribution in [0.5, 0.6) is 0 Å². The first-order valence-electron chi connectivity index (χ1n) is 14.1. The molecule has 9 heteroatoms. The standard InChI is InChI=1S/C27H57NO7P/c1-7-8-9-10-11-12-13-14-15-16-17-18-19-20-22-32-24-27(35-26(2)29)25-34-36(30,31-6)33-23-21-28(3,4)5/h27H,7-25H2,1-6H3/q+1. The van der Waals surface area contributed by atoms with Crippen molar-refractivity contribution in [1.29, 1.82) is 0 Å². The van der Waals surface area contributed by atoms with Gasteiger partial charge in [0.2, 0.25) is 0 Å². The fraction of sp³-hybridized carbons (Fsp3) is 0.963. The van der Waals surface area contributed by atoms with Gasteiger partial charge in [-0.2, -0.15) is 0 Å². The number of phosphoric acid groups is 1. The van der Waals surface area contributed by atoms with Gasteiger partial charge in [-0.25, -0.2) is 4.57 Å². The van der Waals surface area contributed by atoms with Gasteiger partial charge in [0.15, 0.2) is 0 Å². The van der Waals surface area contributed by atoms with E-state index in [0.717, 1.165) is 12.8 Å². The molecule has 0 amide bonds. The fourth-order valence-corrected chi connectivity index (χ4v) is 4.65. The Bertz CT molecular complexity index is 569. The van der Waals surface area contributed by atoms with Gasteiger partial charge in [0.25, 0.3) is 0 Å². The van der Waals surface area contributed by atoms with E-state index in [2.05, 4.69) is 6.92 Å². The third-order valence-corrected chi connectivity index (χ3v) is 7.34. The number of unbranched alkanes of at least 4 members (excludes halogenated alkanes) is 13. The summed E-state index contributed by atoms with van der Waals surface area (Å²) in [5.41, 5.74) is 0. The number of rotatable bonds is 26. The fourth-order valence-electron chi connectivity index (χ4n) is 3.71. The van der Waals surface area contributed by atoms with E-state index in [1.165, 1.54) is 91.1 Å². The summed E-state index contributed by atoms with van der Waals surface area (Å²) in [7, 11) is 3.58. The van der Waals surface area contributed by atoms with Crippen LogP contribution in [-0.4, -0.2) is 77.8 Å². The molecule has 2 unspecified atom stereocenters. The van der Waals surface area contributed by atoms with E-state index in [0.29, 0.717) is 17.6 Å². The Labute approximate surface area is 221 Å². The molecule has 0 saturated heterocycles. The van der Waals surface area contributed by atoms with Crippen LogP contribution < -0.4 is 0 Å². The second-order valence-corrected chi connectivity index (χ2v) is 12.5. The second-order valence-electron chi connectivity index (χ2n) is 10.7. The number of phosphoric ester groups is 1. The van der Waals surface area contributed by atoms with Crippen LogP contribution in [0.15, 0.2) is 0 Å². The van der Waals surface area contributed by atoms with Gasteiger partial charge in [-0.1, -0.05) is 90.4 Å². The van der Waals surface area contributed by atoms with Gasteiger partial charge in [0.05, 0.1) is 34.4 Å². The normalized spacial score (nSPS) is 14.5. The number of carbonyl (C=O) groups is 1. The molecule has 0 aliphatic carbocycles. The highest BCUT2D eigenvalue weighted by molar-refractivity contribution is 7.48. The summed E-state index contributed by atoms with van der Waals surface area (Å²) in [4.78, 5) is 11.4. The van der Waals surface area contributed by atoms with Crippen molar-refractivity contribution in [3.8, 4) is 0 Å². The molecule has 0 aromatic rings. The van der Waals surface area contributed by atoms with Crippen molar-refractivity contribution in [3.63, 3.8) is 0 Å². The summed E-state index contributed by atoms with van der Waals surface area (Å²) < 4.78 is 39.9. The van der Waals surface area contributed by atoms with Crippen LogP contribution in [0.25, 0.3) is 0 Å². The molecule has 36 heavy (non-hydrogen) atoms. The van der Waals surface area contributed by atoms with Crippen LogP contribution >= 0.6 is 7.82 Å². The first-order chi connectivity index (χ1) is 17.1. The number of quaternary nitrogens is 1. The van der Waals surface area contributed by atoms with Crippen molar-refractivity contribution in [3.05, 3.63) is 0 Å². The molecule has 8 nitrogen and oxygen atoms in total. The monoisotopic (exact) mass is 538 g/mol. The van der Waals surface area contributed by atoms with Gasteiger partial charge in [0, 0.05) is 20.6 Å². The molecule has 0 heterocycles. The summed E-state index contributed by atoms with van der Waals surface area (Å²) in [5.74, 6) is -0.443. The van der Waals surface area contributed by atoms with Gasteiger partial charge < -0.3 is 14.0 Å². The Hall–Kier alpha value is -0.500. The topological polar surface area (TPSA) is 80.3 Å². The molecule has 0 saturated carbocycles. The lowest BCUT2D eigenvalue weighted by molar-refractivity contribution is -0.870. The van der Waals surface area contributed by atoms with E-state index < -0.39 is 19.9 Å². The van der Waals surface area contributed by atoms with E-state index in [-0.39, 0.29) is 19.8 Å². The molecule has 0 aliphatic rings. The van der Waals surface area contributed by atoms with Crippen molar-refractivity contribution in [1.82, 2.24) is 0 Å². The first kappa shape index (κ1) is 35.5. The lowest BCUT2D eigenvalue weighted by Gasteiger charge is -2.25. The van der Waals surface area contributed by atoms with Gasteiger partial charge in [-0.15, -0.1) is 0 Å². The third-order valence-electron chi connectivity index (χ3n) is 5.93. The number of ether oxygens (including phenoxy) is 2. The minimum atomic E-state index is -3.72. The van der Waals surface area contributed by atoms with Crippen molar-refractivity contribution in [2.45, 2.75) is 110 Å². The Morgan fingerprint density at radius 3 is 1.69 bits per heavy atom. The molecular weight excluding hydrogens is 481 g/mol. The number of likely N-dealkylation sites (N-methyl/N-ethyl adjacent to an activating group) is 1. The van der Waals surface area contributed by atoms with Gasteiger partial charge >= 0.3 is 13.8 Å². The Morgan fingerprint density at radius 2 is 1.25 bits per heavy atom. The van der Waals surface area contributed by atoms with E-state index in [4.69, 9.17) is 23.0 Å². The summed E-state index contributed by atoms with van der Waals surface area (Å²) in [6.45, 7) is 5.12. The molecule has 0 aromatic carbocycles. The van der Waals surface area contributed by atoms with Gasteiger partial charge in [0.1, 0.15) is 19.3 Å². The van der Waals surface area contributed by atoms with Gasteiger partial charge in [-0.3, -0.25) is 18.4 Å². The van der Waals surface area contributed by atoms with E-state index in [9.17, 15) is 9.36 Å². The van der Waals surface area contributed by atoms with Crippen molar-refractivity contribution >= 4 is 13.8 Å². The molecule has 0 bridgehead atoms. The third kappa shape index (κ3) is 23.9. The molecule has 0 fully saturated rings. The highest BCUT2D eigenvalue weighted by Gasteiger charge is 2.28. The maximum Gasteiger partial charge on any atom is 0.474 e. The second kappa shape index (κ2) is 22.5. The molecule has 2 atom stereocenters. The predicted molar refractivity (Wildman–Crippen MR) is 146 cm³/mol. The van der Waals surface area contributed by atoms with Crippen LogP contribution in [0.4, 0.5) is 0 Å². The summed E-state index contributed by atoms with van der Waals surface area (Å²) >= 11 is 0. The smallest absolute Gasteiger partial charge is 0.458 e. The van der Waals surface area contributed by atoms with Crippen molar-refractivity contribution < 1.29 is 36.9 Å². The van der Waals surface area contributed by atoms with Crippen LogP contribution in [0.3, 0.4) is 0 Å². The number of esters is 1. The first-order valence-corrected chi connectivity index (χ1v) is 15.6. The van der Waals surface area contributed by atoms with Crippen LogP contribution in [0.2, 0.25) is 0 Å². The van der Waals surface area contributed by atoms with Crippen molar-refractivity contribution in [2.75, 3.05) is 61.2 Å². The maximum atomic E-state index is 12.6. The molecule has 0 radical (unpaired) electrons. The summed E-state index contributed by atoms with van der Waals surface area (Å²) in [5, 5.41) is 0. The Morgan fingerprint density at radius 1 is 0.750 bits per heavy atom. The predicted octanol–water partition coefficient (Wildman–Crippen LogP) is 6.91. The highest BCUT2D eigenvalue weighted by atomic mass is 31.2. The molecule has 0 aromatic heterocycles. The molecule has 0 N–H and O–H groups in total. The van der Waals surface area contributed by atoms with Crippen LogP contribution in [0, 0.1) is 0 Å². The Balaban J connectivity index is 3.89. The Kier molecular flexibility index (Phi) is 22.2. The van der Waals surface area contributed by atoms with Crippen LogP contribution in [-0.2, 0) is 32.4 Å². The molecule has 0 spiro atoms.